The average Bonchev–Trinajstić information content (AvgIpc) is 2.29. The summed E-state index contributed by atoms with van der Waals surface area (Å²) in [4.78, 5) is 8.70. The fraction of sp³-hybridized carbons (Fsp3) is 0.714. The van der Waals surface area contributed by atoms with E-state index in [4.69, 9.17) is 9.47 Å². The van der Waals surface area contributed by atoms with E-state index in [0.29, 0.717) is 5.92 Å². The summed E-state index contributed by atoms with van der Waals surface area (Å²) in [7, 11) is 0. The van der Waals surface area contributed by atoms with Gasteiger partial charge >= 0.3 is 0 Å². The number of rotatable bonds is 6. The monoisotopic (exact) mass is 250 g/mol. The molecule has 4 heteroatoms. The van der Waals surface area contributed by atoms with E-state index in [2.05, 4.69) is 30.7 Å². The maximum atomic E-state index is 5.59. The van der Waals surface area contributed by atoms with Crippen molar-refractivity contribution in [2.75, 3.05) is 19.8 Å². The highest BCUT2D eigenvalue weighted by molar-refractivity contribution is 5.13. The first-order valence-corrected chi connectivity index (χ1v) is 6.59. The molecular weight excluding hydrogens is 228 g/mol. The molecule has 0 N–H and O–H groups in total. The third kappa shape index (κ3) is 3.67. The maximum Gasteiger partial charge on any atom is 0.155 e. The first kappa shape index (κ1) is 13.3. The van der Waals surface area contributed by atoms with E-state index < -0.39 is 0 Å². The fourth-order valence-electron chi connectivity index (χ4n) is 1.86. The Hall–Kier alpha value is -1.16. The quantitative estimate of drug-likeness (QED) is 0.778. The molecule has 2 rings (SSSR count). The van der Waals surface area contributed by atoms with Gasteiger partial charge in [0, 0.05) is 11.8 Å². The summed E-state index contributed by atoms with van der Waals surface area (Å²) in [5, 5.41) is 0. The predicted octanol–water partition coefficient (Wildman–Crippen LogP) is 2.48. The van der Waals surface area contributed by atoms with Crippen LogP contribution in [0.1, 0.15) is 33.0 Å². The average molecular weight is 250 g/mol. The molecule has 0 atom stereocenters. The van der Waals surface area contributed by atoms with Crippen molar-refractivity contribution < 1.29 is 9.47 Å². The van der Waals surface area contributed by atoms with E-state index in [1.807, 2.05) is 0 Å². The molecule has 0 amide bonds. The Morgan fingerprint density at radius 2 is 2.00 bits per heavy atom. The van der Waals surface area contributed by atoms with Gasteiger partial charge < -0.3 is 9.47 Å². The summed E-state index contributed by atoms with van der Waals surface area (Å²) in [5.41, 5.74) is 0.222. The molecule has 1 saturated heterocycles. The Balaban J connectivity index is 1.81. The highest BCUT2D eigenvalue weighted by atomic mass is 16.5. The van der Waals surface area contributed by atoms with Gasteiger partial charge in [0.1, 0.15) is 5.82 Å². The van der Waals surface area contributed by atoms with Crippen LogP contribution in [0.3, 0.4) is 0 Å². The number of hydrogen-bond donors (Lipinski definition) is 0. The van der Waals surface area contributed by atoms with Crippen molar-refractivity contribution in [3.63, 3.8) is 0 Å². The molecule has 0 aromatic carbocycles. The van der Waals surface area contributed by atoms with Crippen LogP contribution in [0.15, 0.2) is 12.4 Å². The van der Waals surface area contributed by atoms with E-state index in [0.717, 1.165) is 44.2 Å². The third-order valence-corrected chi connectivity index (χ3v) is 3.13. The molecular formula is C14H22N2O2. The Morgan fingerprint density at radius 3 is 2.50 bits per heavy atom. The maximum absolute atomic E-state index is 5.59. The first-order chi connectivity index (χ1) is 8.57. The Labute approximate surface area is 109 Å². The molecule has 2 heterocycles. The molecule has 0 bridgehead atoms. The van der Waals surface area contributed by atoms with Crippen molar-refractivity contribution in [1.82, 2.24) is 9.97 Å². The zero-order chi connectivity index (χ0) is 13.0. The van der Waals surface area contributed by atoms with Crippen molar-refractivity contribution in [1.29, 1.82) is 0 Å². The lowest BCUT2D eigenvalue weighted by Gasteiger charge is -2.37. The van der Waals surface area contributed by atoms with Crippen LogP contribution in [0.5, 0.6) is 5.75 Å². The van der Waals surface area contributed by atoms with Crippen LogP contribution in [0.4, 0.5) is 0 Å². The van der Waals surface area contributed by atoms with Crippen LogP contribution in [0, 0.1) is 11.3 Å². The van der Waals surface area contributed by atoms with Gasteiger partial charge in [-0.3, -0.25) is 0 Å². The van der Waals surface area contributed by atoms with Crippen LogP contribution < -0.4 is 4.74 Å². The Bertz CT molecular complexity index is 372. The summed E-state index contributed by atoms with van der Waals surface area (Å²) in [6.45, 7) is 8.92. The lowest BCUT2D eigenvalue weighted by molar-refractivity contribution is -0.101. The molecule has 0 spiro atoms. The molecule has 0 aliphatic carbocycles. The molecule has 100 valence electrons. The number of nitrogens with zero attached hydrogens (tertiary/aromatic N) is 2. The topological polar surface area (TPSA) is 44.2 Å². The van der Waals surface area contributed by atoms with E-state index in [9.17, 15) is 0 Å². The smallest absolute Gasteiger partial charge is 0.155 e. The van der Waals surface area contributed by atoms with Gasteiger partial charge in [-0.1, -0.05) is 20.8 Å². The second-order valence-corrected chi connectivity index (χ2v) is 5.85. The molecule has 18 heavy (non-hydrogen) atoms. The molecule has 0 radical (unpaired) electrons. The molecule has 1 aliphatic rings. The molecule has 0 saturated carbocycles. The Kier molecular flexibility index (Phi) is 4.17. The van der Waals surface area contributed by atoms with Crippen molar-refractivity contribution in [3.8, 4) is 5.75 Å². The van der Waals surface area contributed by atoms with E-state index >= 15 is 0 Å². The Morgan fingerprint density at radius 1 is 1.33 bits per heavy atom. The number of hydrogen-bond acceptors (Lipinski definition) is 4. The lowest BCUT2D eigenvalue weighted by atomic mass is 9.85. The molecule has 1 aromatic heterocycles. The van der Waals surface area contributed by atoms with E-state index in [-0.39, 0.29) is 5.41 Å². The van der Waals surface area contributed by atoms with Gasteiger partial charge in [0.05, 0.1) is 32.2 Å². The SMILES string of the molecule is CC(C)CCOc1cnc(CC2(C)COC2)nc1. The van der Waals surface area contributed by atoms with Gasteiger partial charge in [0.25, 0.3) is 0 Å². The molecule has 1 fully saturated rings. The first-order valence-electron chi connectivity index (χ1n) is 6.59. The zero-order valence-electron chi connectivity index (χ0n) is 11.5. The van der Waals surface area contributed by atoms with Gasteiger partial charge in [0.2, 0.25) is 0 Å². The highest BCUT2D eigenvalue weighted by Gasteiger charge is 2.34. The van der Waals surface area contributed by atoms with Crippen molar-refractivity contribution in [2.24, 2.45) is 11.3 Å². The minimum Gasteiger partial charge on any atom is -0.490 e. The van der Waals surface area contributed by atoms with Gasteiger partial charge in [-0.2, -0.15) is 0 Å². The normalized spacial score (nSPS) is 17.6. The number of ether oxygens (including phenoxy) is 2. The lowest BCUT2D eigenvalue weighted by Crippen LogP contribution is -2.41. The van der Waals surface area contributed by atoms with Gasteiger partial charge in [-0.05, 0) is 12.3 Å². The van der Waals surface area contributed by atoms with E-state index in [1.165, 1.54) is 0 Å². The van der Waals surface area contributed by atoms with Crippen LogP contribution in [-0.4, -0.2) is 29.8 Å². The summed E-state index contributed by atoms with van der Waals surface area (Å²) in [6, 6.07) is 0. The number of aromatic nitrogens is 2. The van der Waals surface area contributed by atoms with Gasteiger partial charge in [-0.15, -0.1) is 0 Å². The predicted molar refractivity (Wildman–Crippen MR) is 69.6 cm³/mol. The highest BCUT2D eigenvalue weighted by Crippen LogP contribution is 2.29. The largest absolute Gasteiger partial charge is 0.490 e. The van der Waals surface area contributed by atoms with E-state index in [1.54, 1.807) is 12.4 Å². The second-order valence-electron chi connectivity index (χ2n) is 5.85. The molecule has 0 unspecified atom stereocenters. The standard InChI is InChI=1S/C14H22N2O2/c1-11(2)4-5-18-12-7-15-13(16-8-12)6-14(3)9-17-10-14/h7-8,11H,4-6,9-10H2,1-3H3. The van der Waals surface area contributed by atoms with Crippen molar-refractivity contribution in [2.45, 2.75) is 33.6 Å². The van der Waals surface area contributed by atoms with Crippen LogP contribution in [0.2, 0.25) is 0 Å². The zero-order valence-corrected chi connectivity index (χ0v) is 11.5. The molecule has 1 aromatic rings. The van der Waals surface area contributed by atoms with Crippen LogP contribution in [0.25, 0.3) is 0 Å². The van der Waals surface area contributed by atoms with Crippen LogP contribution >= 0.6 is 0 Å². The minimum absolute atomic E-state index is 0.222. The summed E-state index contributed by atoms with van der Waals surface area (Å²) in [6.07, 6.45) is 5.47. The van der Waals surface area contributed by atoms with Gasteiger partial charge in [0.15, 0.2) is 5.75 Å². The third-order valence-electron chi connectivity index (χ3n) is 3.13. The minimum atomic E-state index is 0.222. The molecule has 4 nitrogen and oxygen atoms in total. The van der Waals surface area contributed by atoms with Crippen molar-refractivity contribution >= 4 is 0 Å². The summed E-state index contributed by atoms with van der Waals surface area (Å²) in [5.74, 6) is 2.29. The summed E-state index contributed by atoms with van der Waals surface area (Å²) < 4.78 is 10.8. The van der Waals surface area contributed by atoms with Gasteiger partial charge in [-0.25, -0.2) is 9.97 Å². The van der Waals surface area contributed by atoms with Crippen LogP contribution in [-0.2, 0) is 11.2 Å². The fourth-order valence-corrected chi connectivity index (χ4v) is 1.86. The summed E-state index contributed by atoms with van der Waals surface area (Å²) >= 11 is 0. The molecule has 1 aliphatic heterocycles. The van der Waals surface area contributed by atoms with Crippen molar-refractivity contribution in [3.05, 3.63) is 18.2 Å². The second kappa shape index (κ2) is 5.65.